The molecule has 0 fully saturated rings. The highest BCUT2D eigenvalue weighted by Crippen LogP contribution is 2.21. The molecular formula is C12H16N4O. The summed E-state index contributed by atoms with van der Waals surface area (Å²) < 4.78 is 7.31. The topological polar surface area (TPSA) is 66.0 Å². The fourth-order valence-corrected chi connectivity index (χ4v) is 1.63. The molecular weight excluding hydrogens is 216 g/mol. The standard InChI is InChI=1S/C12H16N4O/c1-3-10-14-7-8-16(10)11-6-5-9(13)12(15-11)17-4-2/h5-8H,3-4,13H2,1-2H3. The quantitative estimate of drug-likeness (QED) is 0.873. The van der Waals surface area contributed by atoms with Gasteiger partial charge < -0.3 is 10.5 Å². The average molecular weight is 232 g/mol. The molecule has 0 aliphatic heterocycles. The summed E-state index contributed by atoms with van der Waals surface area (Å²) in [6.45, 7) is 4.51. The number of aryl methyl sites for hydroxylation is 1. The van der Waals surface area contributed by atoms with Gasteiger partial charge in [0.2, 0.25) is 5.88 Å². The summed E-state index contributed by atoms with van der Waals surface area (Å²) in [5.41, 5.74) is 6.34. The van der Waals surface area contributed by atoms with Crippen LogP contribution in [0.2, 0.25) is 0 Å². The van der Waals surface area contributed by atoms with E-state index in [0.29, 0.717) is 18.2 Å². The van der Waals surface area contributed by atoms with Gasteiger partial charge in [-0.05, 0) is 19.1 Å². The Morgan fingerprint density at radius 3 is 2.88 bits per heavy atom. The van der Waals surface area contributed by atoms with Crippen LogP contribution in [-0.4, -0.2) is 21.1 Å². The first kappa shape index (κ1) is 11.4. The molecule has 17 heavy (non-hydrogen) atoms. The number of nitrogens with zero attached hydrogens (tertiary/aromatic N) is 3. The highest BCUT2D eigenvalue weighted by molar-refractivity contribution is 5.50. The van der Waals surface area contributed by atoms with Crippen molar-refractivity contribution in [3.8, 4) is 11.7 Å². The van der Waals surface area contributed by atoms with Crippen LogP contribution in [0.1, 0.15) is 19.7 Å². The van der Waals surface area contributed by atoms with E-state index in [-0.39, 0.29) is 0 Å². The van der Waals surface area contributed by atoms with Gasteiger partial charge in [0.15, 0.2) is 0 Å². The number of anilines is 1. The molecule has 0 aromatic carbocycles. The molecule has 0 bridgehead atoms. The maximum atomic E-state index is 5.79. The monoisotopic (exact) mass is 232 g/mol. The summed E-state index contributed by atoms with van der Waals surface area (Å²) in [4.78, 5) is 8.65. The first-order chi connectivity index (χ1) is 8.26. The lowest BCUT2D eigenvalue weighted by molar-refractivity contribution is 0.328. The number of hydrogen-bond donors (Lipinski definition) is 1. The molecule has 2 aromatic heterocycles. The van der Waals surface area contributed by atoms with Gasteiger partial charge in [-0.2, -0.15) is 4.98 Å². The maximum Gasteiger partial charge on any atom is 0.239 e. The fourth-order valence-electron chi connectivity index (χ4n) is 1.63. The third kappa shape index (κ3) is 2.22. The van der Waals surface area contributed by atoms with Gasteiger partial charge in [-0.1, -0.05) is 6.92 Å². The molecule has 2 rings (SSSR count). The van der Waals surface area contributed by atoms with Crippen LogP contribution in [0.25, 0.3) is 5.82 Å². The first-order valence-electron chi connectivity index (χ1n) is 5.68. The second-order valence-corrected chi connectivity index (χ2v) is 3.56. The zero-order valence-electron chi connectivity index (χ0n) is 10.1. The van der Waals surface area contributed by atoms with Gasteiger partial charge >= 0.3 is 0 Å². The number of pyridine rings is 1. The number of nitrogens with two attached hydrogens (primary N) is 1. The van der Waals surface area contributed by atoms with E-state index < -0.39 is 0 Å². The Balaban J connectivity index is 2.42. The molecule has 0 saturated heterocycles. The summed E-state index contributed by atoms with van der Waals surface area (Å²) in [6.07, 6.45) is 4.49. The van der Waals surface area contributed by atoms with Crippen molar-refractivity contribution >= 4 is 5.69 Å². The van der Waals surface area contributed by atoms with E-state index in [0.717, 1.165) is 18.1 Å². The van der Waals surface area contributed by atoms with Gasteiger partial charge in [-0.3, -0.25) is 4.57 Å². The van der Waals surface area contributed by atoms with Crippen LogP contribution in [0.3, 0.4) is 0 Å². The minimum Gasteiger partial charge on any atom is -0.476 e. The summed E-state index contributed by atoms with van der Waals surface area (Å²) in [5, 5.41) is 0. The third-order valence-electron chi connectivity index (χ3n) is 2.44. The van der Waals surface area contributed by atoms with E-state index in [2.05, 4.69) is 16.9 Å². The SMILES string of the molecule is CCOc1nc(-n2ccnc2CC)ccc1N. The molecule has 0 amide bonds. The third-order valence-corrected chi connectivity index (χ3v) is 2.44. The maximum absolute atomic E-state index is 5.79. The van der Waals surface area contributed by atoms with Crippen molar-refractivity contribution < 1.29 is 4.74 Å². The average Bonchev–Trinajstić information content (AvgIpc) is 2.80. The number of hydrogen-bond acceptors (Lipinski definition) is 4. The summed E-state index contributed by atoms with van der Waals surface area (Å²) in [7, 11) is 0. The Labute approximate surface area is 100 Å². The largest absolute Gasteiger partial charge is 0.476 e. The zero-order valence-corrected chi connectivity index (χ0v) is 10.1. The zero-order chi connectivity index (χ0) is 12.3. The van der Waals surface area contributed by atoms with E-state index in [1.807, 2.05) is 23.8 Å². The van der Waals surface area contributed by atoms with E-state index in [1.165, 1.54) is 0 Å². The van der Waals surface area contributed by atoms with E-state index in [4.69, 9.17) is 10.5 Å². The molecule has 0 spiro atoms. The predicted octanol–water partition coefficient (Wildman–Crippen LogP) is 1.81. The predicted molar refractivity (Wildman–Crippen MR) is 66.3 cm³/mol. The Kier molecular flexibility index (Phi) is 3.27. The number of rotatable bonds is 4. The minimum absolute atomic E-state index is 0.473. The molecule has 0 saturated carbocycles. The van der Waals surface area contributed by atoms with Gasteiger partial charge in [0.05, 0.1) is 12.3 Å². The van der Waals surface area contributed by atoms with Crippen LogP contribution in [0.5, 0.6) is 5.88 Å². The highest BCUT2D eigenvalue weighted by Gasteiger charge is 2.08. The highest BCUT2D eigenvalue weighted by atomic mass is 16.5. The van der Waals surface area contributed by atoms with Crippen LogP contribution < -0.4 is 10.5 Å². The van der Waals surface area contributed by atoms with Crippen molar-refractivity contribution in [2.75, 3.05) is 12.3 Å². The summed E-state index contributed by atoms with van der Waals surface area (Å²) in [5.74, 6) is 2.21. The Morgan fingerprint density at radius 2 is 2.18 bits per heavy atom. The molecule has 0 unspecified atom stereocenters. The van der Waals surface area contributed by atoms with Gasteiger partial charge in [-0.25, -0.2) is 4.98 Å². The van der Waals surface area contributed by atoms with Crippen LogP contribution in [-0.2, 0) is 6.42 Å². The van der Waals surface area contributed by atoms with E-state index >= 15 is 0 Å². The lowest BCUT2D eigenvalue weighted by atomic mass is 10.3. The molecule has 0 aliphatic rings. The fraction of sp³-hybridized carbons (Fsp3) is 0.333. The molecule has 5 heteroatoms. The molecule has 2 heterocycles. The molecule has 90 valence electrons. The molecule has 2 aromatic rings. The van der Waals surface area contributed by atoms with Gasteiger partial charge in [0.25, 0.3) is 0 Å². The lowest BCUT2D eigenvalue weighted by Gasteiger charge is -2.09. The molecule has 5 nitrogen and oxygen atoms in total. The van der Waals surface area contributed by atoms with Crippen molar-refractivity contribution in [2.24, 2.45) is 0 Å². The number of aromatic nitrogens is 3. The van der Waals surface area contributed by atoms with Crippen molar-refractivity contribution in [3.63, 3.8) is 0 Å². The van der Waals surface area contributed by atoms with Gasteiger partial charge in [0.1, 0.15) is 11.6 Å². The summed E-state index contributed by atoms with van der Waals surface area (Å²) >= 11 is 0. The van der Waals surface area contributed by atoms with Crippen molar-refractivity contribution in [3.05, 3.63) is 30.4 Å². The molecule has 2 N–H and O–H groups in total. The van der Waals surface area contributed by atoms with Gasteiger partial charge in [0, 0.05) is 18.8 Å². The normalized spacial score (nSPS) is 10.5. The Morgan fingerprint density at radius 1 is 1.35 bits per heavy atom. The second kappa shape index (κ2) is 4.86. The second-order valence-electron chi connectivity index (χ2n) is 3.56. The van der Waals surface area contributed by atoms with Crippen molar-refractivity contribution in [2.45, 2.75) is 20.3 Å². The summed E-state index contributed by atoms with van der Waals surface area (Å²) in [6, 6.07) is 3.66. The van der Waals surface area contributed by atoms with E-state index in [1.54, 1.807) is 12.3 Å². The molecule has 0 radical (unpaired) electrons. The van der Waals surface area contributed by atoms with Crippen LogP contribution in [0.15, 0.2) is 24.5 Å². The van der Waals surface area contributed by atoms with Crippen molar-refractivity contribution in [1.29, 1.82) is 0 Å². The number of imidazole rings is 1. The Hall–Kier alpha value is -2.04. The molecule has 0 atom stereocenters. The number of ether oxygens (including phenoxy) is 1. The minimum atomic E-state index is 0.473. The van der Waals surface area contributed by atoms with Crippen molar-refractivity contribution in [1.82, 2.24) is 14.5 Å². The smallest absolute Gasteiger partial charge is 0.239 e. The van der Waals surface area contributed by atoms with Crippen LogP contribution in [0.4, 0.5) is 5.69 Å². The number of nitrogen functional groups attached to an aromatic ring is 1. The Bertz CT molecular complexity index is 507. The van der Waals surface area contributed by atoms with Crippen LogP contribution in [0, 0.1) is 0 Å². The lowest BCUT2D eigenvalue weighted by Crippen LogP contribution is -2.05. The molecule has 0 aliphatic carbocycles. The first-order valence-corrected chi connectivity index (χ1v) is 5.68. The van der Waals surface area contributed by atoms with Crippen LogP contribution >= 0.6 is 0 Å². The van der Waals surface area contributed by atoms with E-state index in [9.17, 15) is 0 Å². The van der Waals surface area contributed by atoms with Gasteiger partial charge in [-0.15, -0.1) is 0 Å².